The smallest absolute Gasteiger partial charge is 2.00 e. The van der Waals surface area contributed by atoms with Crippen molar-refractivity contribution in [2.75, 3.05) is 0 Å². The summed E-state index contributed by atoms with van der Waals surface area (Å²) in [6.07, 6.45) is 0. The Bertz CT molecular complexity index is 10.4. The van der Waals surface area contributed by atoms with Gasteiger partial charge in [-0.15, -0.1) is 0 Å². The van der Waals surface area contributed by atoms with Crippen LogP contribution in [-0.2, 0) is 72.1 Å². The van der Waals surface area contributed by atoms with Crippen LogP contribution in [0.5, 0.6) is 0 Å². The largest absolute Gasteiger partial charge is 5.00 e. The van der Waals surface area contributed by atoms with Crippen molar-refractivity contribution in [2.45, 2.75) is 0 Å². The van der Waals surface area contributed by atoms with Crippen LogP contribution in [0, 0.1) is 0 Å². The molecule has 0 aliphatic carbocycles. The first-order valence-electron chi connectivity index (χ1n) is 0. The second-order valence-electron chi connectivity index (χ2n) is 0. The van der Waals surface area contributed by atoms with E-state index in [0.29, 0.717) is 0 Å². The Morgan fingerprint density at radius 3 is 0.375 bits per heavy atom. The molecule has 0 unspecified atom stereocenters. The summed E-state index contributed by atoms with van der Waals surface area (Å²) in [7, 11) is 0. The molecule has 0 heterocycles. The van der Waals surface area contributed by atoms with E-state index in [1.165, 1.54) is 0 Å². The molecule has 3 N–H and O–H groups in total. The zero-order valence-corrected chi connectivity index (χ0v) is 10.1. The van der Waals surface area contributed by atoms with E-state index < -0.39 is 0 Å². The van der Waals surface area contributed by atoms with Crippen LogP contribution in [-0.4, -0.2) is 0 Å². The average molecular weight is 459 g/mol. The molecular formula is H3NO5Ta2. The number of hydrogen-bond acceptors (Lipinski definition) is 1. The van der Waals surface area contributed by atoms with Gasteiger partial charge in [-0.2, -0.15) is 0 Å². The van der Waals surface area contributed by atoms with Crippen LogP contribution in [0.4, 0.5) is 0 Å². The van der Waals surface area contributed by atoms with Gasteiger partial charge >= 0.3 is 44.8 Å². The van der Waals surface area contributed by atoms with Gasteiger partial charge in [-0.25, -0.2) is 0 Å². The van der Waals surface area contributed by atoms with Gasteiger partial charge in [0.1, 0.15) is 0 Å². The third-order valence-corrected chi connectivity index (χ3v) is 0. The molecule has 0 amide bonds. The van der Waals surface area contributed by atoms with Crippen molar-refractivity contribution in [3.63, 3.8) is 0 Å². The van der Waals surface area contributed by atoms with E-state index in [9.17, 15) is 0 Å². The first-order chi connectivity index (χ1) is 0. The summed E-state index contributed by atoms with van der Waals surface area (Å²) in [6.45, 7) is 0. The standard InChI is InChI=1S/H3N.5O.2Ta/h1H3;;;;;;;/q;5*-2;2*+5. The van der Waals surface area contributed by atoms with Crippen molar-refractivity contribution in [2.24, 2.45) is 0 Å². The molecule has 0 bridgehead atoms. The Hall–Kier alpha value is 1.24. The molecule has 0 saturated carbocycles. The summed E-state index contributed by atoms with van der Waals surface area (Å²) in [4.78, 5) is 0. The van der Waals surface area contributed by atoms with Crippen molar-refractivity contribution < 1.29 is 72.1 Å². The fraction of sp³-hybridized carbons (Fsp3) is 0. The Kier molecular flexibility index (Phi) is 14300. The normalized spacial score (nSPS) is 0. The Balaban J connectivity index is 0. The molecule has 0 rings (SSSR count). The molecular weight excluding hydrogens is 456 g/mol. The van der Waals surface area contributed by atoms with Crippen molar-refractivity contribution >= 4 is 0 Å². The zero-order chi connectivity index (χ0) is 0. The summed E-state index contributed by atoms with van der Waals surface area (Å²) in [5.74, 6) is 0. The van der Waals surface area contributed by atoms with Gasteiger partial charge in [-0.3, -0.25) is 0 Å². The third-order valence-electron chi connectivity index (χ3n) is 0. The molecule has 8 heteroatoms. The van der Waals surface area contributed by atoms with Gasteiger partial charge < -0.3 is 33.5 Å². The third kappa shape index (κ3) is 183. The predicted molar refractivity (Wildman–Crippen MR) is 8.45 cm³/mol. The molecule has 0 saturated heterocycles. The fourth-order valence-corrected chi connectivity index (χ4v) is 0. The van der Waals surface area contributed by atoms with E-state index in [0.717, 1.165) is 0 Å². The van der Waals surface area contributed by atoms with Crippen LogP contribution in [0.2, 0.25) is 0 Å². The minimum atomic E-state index is 0. The van der Waals surface area contributed by atoms with Gasteiger partial charge in [0.05, 0.1) is 0 Å². The summed E-state index contributed by atoms with van der Waals surface area (Å²) < 4.78 is 0. The Labute approximate surface area is 78.2 Å². The maximum absolute atomic E-state index is 0. The summed E-state index contributed by atoms with van der Waals surface area (Å²) >= 11 is 0. The van der Waals surface area contributed by atoms with E-state index in [2.05, 4.69) is 0 Å². The molecule has 0 aliphatic rings. The minimum Gasteiger partial charge on any atom is -2.00 e. The van der Waals surface area contributed by atoms with Crippen molar-refractivity contribution in [1.82, 2.24) is 6.15 Å². The predicted octanol–water partition coefficient (Wildman–Crippen LogP) is -0.437. The van der Waals surface area contributed by atoms with Crippen molar-refractivity contribution in [3.8, 4) is 0 Å². The Morgan fingerprint density at radius 1 is 0.375 bits per heavy atom. The van der Waals surface area contributed by atoms with E-state index in [4.69, 9.17) is 0 Å². The van der Waals surface area contributed by atoms with Crippen LogP contribution in [0.25, 0.3) is 0 Å². The van der Waals surface area contributed by atoms with E-state index >= 15 is 0 Å². The van der Waals surface area contributed by atoms with Gasteiger partial charge in [0.25, 0.3) is 0 Å². The van der Waals surface area contributed by atoms with E-state index in [1.807, 2.05) is 0 Å². The van der Waals surface area contributed by atoms with Gasteiger partial charge in [-0.1, -0.05) is 0 Å². The van der Waals surface area contributed by atoms with Crippen molar-refractivity contribution in [3.05, 3.63) is 0 Å². The second-order valence-corrected chi connectivity index (χ2v) is 0. The fourth-order valence-electron chi connectivity index (χ4n) is 0. The monoisotopic (exact) mass is 459 g/mol. The minimum absolute atomic E-state index is 0. The summed E-state index contributed by atoms with van der Waals surface area (Å²) in [5, 5.41) is 0. The van der Waals surface area contributed by atoms with Gasteiger partial charge in [0.2, 0.25) is 0 Å². The first-order valence-corrected chi connectivity index (χ1v) is 0. The SMILES string of the molecule is N.[O-2].[O-2].[O-2].[O-2].[O-2].[Ta+5].[Ta+5]. The molecule has 0 aliphatic heterocycles. The van der Waals surface area contributed by atoms with Crippen LogP contribution >= 0.6 is 0 Å². The molecule has 0 radical (unpaired) electrons. The average Bonchev–Trinajstić information content (AvgIpc) is 0. The van der Waals surface area contributed by atoms with Crippen molar-refractivity contribution in [1.29, 1.82) is 0 Å². The van der Waals surface area contributed by atoms with Crippen LogP contribution in [0.1, 0.15) is 0 Å². The quantitative estimate of drug-likeness (QED) is 0.508. The van der Waals surface area contributed by atoms with E-state index in [-0.39, 0.29) is 78.3 Å². The van der Waals surface area contributed by atoms with Crippen LogP contribution in [0.15, 0.2) is 0 Å². The molecule has 0 aromatic carbocycles. The Morgan fingerprint density at radius 2 is 0.375 bits per heavy atom. The van der Waals surface area contributed by atoms with Crippen LogP contribution in [0.3, 0.4) is 0 Å². The summed E-state index contributed by atoms with van der Waals surface area (Å²) in [6, 6.07) is 0. The molecule has 0 fully saturated rings. The molecule has 48 valence electrons. The van der Waals surface area contributed by atoms with Crippen LogP contribution < -0.4 is 6.15 Å². The molecule has 0 aromatic heterocycles. The van der Waals surface area contributed by atoms with Gasteiger partial charge in [-0.05, 0) is 0 Å². The molecule has 8 heavy (non-hydrogen) atoms. The zero-order valence-electron chi connectivity index (χ0n) is 3.64. The van der Waals surface area contributed by atoms with Gasteiger partial charge in [0.15, 0.2) is 0 Å². The molecule has 6 nitrogen and oxygen atoms in total. The molecule has 0 spiro atoms. The van der Waals surface area contributed by atoms with Gasteiger partial charge in [0, 0.05) is 0 Å². The first kappa shape index (κ1) is 408. The maximum Gasteiger partial charge on any atom is 5.00 e. The number of hydrogen-bond donors (Lipinski definition) is 1. The number of rotatable bonds is 0. The maximum atomic E-state index is 0. The summed E-state index contributed by atoms with van der Waals surface area (Å²) in [5.41, 5.74) is 0. The van der Waals surface area contributed by atoms with E-state index in [1.54, 1.807) is 0 Å². The second kappa shape index (κ2) is 281. The molecule has 0 aromatic rings. The molecule has 0 atom stereocenters. The topological polar surface area (TPSA) is 178 Å².